The van der Waals surface area contributed by atoms with Crippen molar-refractivity contribution >= 4 is 34.3 Å². The van der Waals surface area contributed by atoms with Crippen molar-refractivity contribution in [3.8, 4) is 11.3 Å². The number of thiazole rings is 1. The normalized spacial score (nSPS) is 14.2. The van der Waals surface area contributed by atoms with E-state index < -0.39 is 0 Å². The number of amides is 2. The molecule has 2 amide bonds. The van der Waals surface area contributed by atoms with Crippen molar-refractivity contribution < 1.29 is 4.79 Å². The highest BCUT2D eigenvalue weighted by molar-refractivity contribution is 7.98. The van der Waals surface area contributed by atoms with E-state index in [2.05, 4.69) is 30.4 Å². The molecule has 9 heteroatoms. The fraction of sp³-hybridized carbons (Fsp3) is 0.429. The molecule has 2 N–H and O–H groups in total. The number of rotatable bonds is 8. The third kappa shape index (κ3) is 5.02. The minimum absolute atomic E-state index is 0.231. The van der Waals surface area contributed by atoms with E-state index in [9.17, 15) is 4.79 Å². The van der Waals surface area contributed by atoms with E-state index in [1.165, 1.54) is 37.0 Å². The lowest BCUT2D eigenvalue weighted by atomic mass is 10.2. The highest BCUT2D eigenvalue weighted by Crippen LogP contribution is 2.33. The van der Waals surface area contributed by atoms with Crippen LogP contribution in [0.5, 0.6) is 0 Å². The highest BCUT2D eigenvalue weighted by atomic mass is 32.2. The largest absolute Gasteiger partial charge is 0.338 e. The molecule has 4 rings (SSSR count). The fourth-order valence-corrected chi connectivity index (χ4v) is 5.10. The van der Waals surface area contributed by atoms with Crippen molar-refractivity contribution in [3.05, 3.63) is 41.5 Å². The van der Waals surface area contributed by atoms with Gasteiger partial charge in [0.05, 0.1) is 5.69 Å². The number of urea groups is 1. The van der Waals surface area contributed by atoms with Crippen LogP contribution in [0.25, 0.3) is 11.3 Å². The molecule has 0 aliphatic heterocycles. The number of nitrogens with one attached hydrogen (secondary N) is 2. The average Bonchev–Trinajstić information content (AvgIpc) is 3.52. The Balaban J connectivity index is 1.25. The number of aromatic nitrogens is 4. The van der Waals surface area contributed by atoms with Crippen LogP contribution in [0.4, 0.5) is 9.93 Å². The van der Waals surface area contributed by atoms with Gasteiger partial charge in [-0.15, -0.1) is 21.5 Å². The van der Waals surface area contributed by atoms with Crippen molar-refractivity contribution in [1.82, 2.24) is 25.1 Å². The quantitative estimate of drug-likeness (QED) is 0.379. The van der Waals surface area contributed by atoms with Crippen molar-refractivity contribution in [1.29, 1.82) is 0 Å². The number of carbonyl (C=O) groups is 1. The Morgan fingerprint density at radius 3 is 2.80 bits per heavy atom. The Hall–Kier alpha value is -2.39. The van der Waals surface area contributed by atoms with Crippen molar-refractivity contribution in [2.24, 2.45) is 0 Å². The first-order valence-corrected chi connectivity index (χ1v) is 12.4. The monoisotopic (exact) mass is 442 g/mol. The number of carbonyl (C=O) groups excluding carboxylic acids is 1. The molecule has 1 aliphatic carbocycles. The molecule has 0 atom stereocenters. The summed E-state index contributed by atoms with van der Waals surface area (Å²) < 4.78 is 2.32. The van der Waals surface area contributed by atoms with Gasteiger partial charge >= 0.3 is 6.03 Å². The zero-order valence-electron chi connectivity index (χ0n) is 17.0. The van der Waals surface area contributed by atoms with Crippen LogP contribution in [0.15, 0.2) is 40.9 Å². The molecule has 158 valence electrons. The predicted octanol–water partition coefficient (Wildman–Crippen LogP) is 4.99. The second-order valence-corrected chi connectivity index (χ2v) is 8.93. The van der Waals surface area contributed by atoms with Gasteiger partial charge in [0.2, 0.25) is 0 Å². The van der Waals surface area contributed by atoms with E-state index in [1.807, 2.05) is 42.0 Å². The number of aryl methyl sites for hydroxylation is 1. The SMILES string of the molecule is CSc1nnc(CCCNC(=O)Nc2nc(-c3ccccc3)cs2)n1C1CCCC1. The van der Waals surface area contributed by atoms with E-state index in [-0.39, 0.29) is 6.03 Å². The van der Waals surface area contributed by atoms with E-state index in [1.54, 1.807) is 11.8 Å². The van der Waals surface area contributed by atoms with Crippen LogP contribution in [0, 0.1) is 0 Å². The molecule has 0 spiro atoms. The molecule has 2 heterocycles. The maximum absolute atomic E-state index is 12.2. The summed E-state index contributed by atoms with van der Waals surface area (Å²) in [4.78, 5) is 16.7. The second kappa shape index (κ2) is 10.1. The van der Waals surface area contributed by atoms with Crippen molar-refractivity contribution in [2.45, 2.75) is 49.7 Å². The third-order valence-corrected chi connectivity index (χ3v) is 6.67. The highest BCUT2D eigenvalue weighted by Gasteiger charge is 2.23. The predicted molar refractivity (Wildman–Crippen MR) is 122 cm³/mol. The molecule has 0 unspecified atom stereocenters. The molecule has 0 radical (unpaired) electrons. The van der Waals surface area contributed by atoms with E-state index >= 15 is 0 Å². The van der Waals surface area contributed by atoms with Crippen LogP contribution in [0.2, 0.25) is 0 Å². The molecular weight excluding hydrogens is 416 g/mol. The van der Waals surface area contributed by atoms with Gasteiger partial charge in [-0.2, -0.15) is 0 Å². The molecule has 30 heavy (non-hydrogen) atoms. The van der Waals surface area contributed by atoms with Gasteiger partial charge in [-0.05, 0) is 25.5 Å². The van der Waals surface area contributed by atoms with Crippen LogP contribution < -0.4 is 10.6 Å². The maximum Gasteiger partial charge on any atom is 0.321 e. The molecular formula is C21H26N6OS2. The zero-order valence-corrected chi connectivity index (χ0v) is 18.6. The van der Waals surface area contributed by atoms with E-state index in [0.29, 0.717) is 17.7 Å². The second-order valence-electron chi connectivity index (χ2n) is 7.30. The topological polar surface area (TPSA) is 84.7 Å². The summed E-state index contributed by atoms with van der Waals surface area (Å²) in [6.07, 6.45) is 8.64. The van der Waals surface area contributed by atoms with Gasteiger partial charge in [0.25, 0.3) is 0 Å². The fourth-order valence-electron chi connectivity index (χ4n) is 3.81. The van der Waals surface area contributed by atoms with Gasteiger partial charge in [-0.25, -0.2) is 9.78 Å². The average molecular weight is 443 g/mol. The first-order chi connectivity index (χ1) is 14.7. The smallest absolute Gasteiger partial charge is 0.321 e. The molecule has 1 aliphatic rings. The molecule has 0 bridgehead atoms. The Bertz CT molecular complexity index is 965. The Kier molecular flexibility index (Phi) is 7.01. The lowest BCUT2D eigenvalue weighted by Crippen LogP contribution is -2.29. The van der Waals surface area contributed by atoms with Crippen molar-refractivity contribution in [2.75, 3.05) is 18.1 Å². The lowest BCUT2D eigenvalue weighted by molar-refractivity contribution is 0.252. The number of anilines is 1. The van der Waals surface area contributed by atoms with Crippen molar-refractivity contribution in [3.63, 3.8) is 0 Å². The van der Waals surface area contributed by atoms with Crippen LogP contribution in [-0.2, 0) is 6.42 Å². The Labute approximate surface area is 184 Å². The van der Waals surface area contributed by atoms with Gasteiger partial charge in [-0.3, -0.25) is 5.32 Å². The summed E-state index contributed by atoms with van der Waals surface area (Å²) in [7, 11) is 0. The zero-order chi connectivity index (χ0) is 20.8. The molecule has 7 nitrogen and oxygen atoms in total. The van der Waals surface area contributed by atoms with Gasteiger partial charge in [0.15, 0.2) is 10.3 Å². The number of nitrogens with zero attached hydrogens (tertiary/aromatic N) is 4. The Morgan fingerprint density at radius 2 is 2.03 bits per heavy atom. The van der Waals surface area contributed by atoms with Gasteiger partial charge in [0.1, 0.15) is 5.82 Å². The lowest BCUT2D eigenvalue weighted by Gasteiger charge is -2.16. The molecule has 3 aromatic rings. The summed E-state index contributed by atoms with van der Waals surface area (Å²) >= 11 is 3.08. The number of hydrogen-bond donors (Lipinski definition) is 2. The third-order valence-electron chi connectivity index (χ3n) is 5.26. The first-order valence-electron chi connectivity index (χ1n) is 10.3. The molecule has 1 saturated carbocycles. The first kappa shape index (κ1) is 20.9. The summed E-state index contributed by atoms with van der Waals surface area (Å²) in [6, 6.07) is 10.2. The minimum Gasteiger partial charge on any atom is -0.338 e. The summed E-state index contributed by atoms with van der Waals surface area (Å²) in [5.74, 6) is 1.03. The van der Waals surface area contributed by atoms with Gasteiger partial charge in [-0.1, -0.05) is 54.9 Å². The molecule has 0 saturated heterocycles. The molecule has 1 fully saturated rings. The summed E-state index contributed by atoms with van der Waals surface area (Å²) in [5.41, 5.74) is 1.91. The number of hydrogen-bond acceptors (Lipinski definition) is 6. The van der Waals surface area contributed by atoms with Crippen LogP contribution in [0.3, 0.4) is 0 Å². The maximum atomic E-state index is 12.2. The Morgan fingerprint density at radius 1 is 1.23 bits per heavy atom. The standard InChI is InChI=1S/C21H26N6OS2/c1-29-21-26-25-18(27(21)16-10-5-6-11-16)12-7-13-22-19(28)24-20-23-17(14-30-20)15-8-3-2-4-9-15/h2-4,8-9,14,16H,5-7,10-13H2,1H3,(H2,22,23,24,28). The summed E-state index contributed by atoms with van der Waals surface area (Å²) in [5, 5.41) is 18.0. The van der Waals surface area contributed by atoms with Crippen LogP contribution >= 0.6 is 23.1 Å². The van der Waals surface area contributed by atoms with Gasteiger partial charge in [0, 0.05) is 30.0 Å². The number of benzene rings is 1. The molecule has 2 aromatic heterocycles. The molecule has 1 aromatic carbocycles. The van der Waals surface area contributed by atoms with E-state index in [0.717, 1.165) is 35.1 Å². The number of thioether (sulfide) groups is 1. The minimum atomic E-state index is -0.231. The summed E-state index contributed by atoms with van der Waals surface area (Å²) in [6.45, 7) is 0.578. The van der Waals surface area contributed by atoms with Crippen LogP contribution in [-0.4, -0.2) is 38.6 Å². The van der Waals surface area contributed by atoms with E-state index in [4.69, 9.17) is 0 Å². The van der Waals surface area contributed by atoms with Gasteiger partial charge < -0.3 is 9.88 Å². The van der Waals surface area contributed by atoms with Crippen LogP contribution in [0.1, 0.15) is 44.0 Å².